The number of morpholine rings is 1. The van der Waals surface area contributed by atoms with Crippen molar-refractivity contribution in [2.75, 3.05) is 33.2 Å². The highest BCUT2D eigenvalue weighted by molar-refractivity contribution is 5.86. The molecule has 0 saturated carbocycles. The number of guanidine groups is 1. The van der Waals surface area contributed by atoms with Gasteiger partial charge in [-0.15, -0.1) is 0 Å². The van der Waals surface area contributed by atoms with E-state index in [-0.39, 0.29) is 30.5 Å². The van der Waals surface area contributed by atoms with Gasteiger partial charge in [0.05, 0.1) is 19.2 Å². The van der Waals surface area contributed by atoms with E-state index in [9.17, 15) is 9.18 Å². The quantitative estimate of drug-likeness (QED) is 0.626. The molecule has 2 N–H and O–H groups in total. The first-order valence-electron chi connectivity index (χ1n) is 8.66. The number of nitrogens with one attached hydrogen (secondary N) is 2. The van der Waals surface area contributed by atoms with Crippen molar-refractivity contribution in [1.82, 2.24) is 15.5 Å². The number of nitrogens with zero attached hydrogens (tertiary/aromatic N) is 2. The lowest BCUT2D eigenvalue weighted by Gasteiger charge is -2.38. The third-order valence-corrected chi connectivity index (χ3v) is 3.99. The largest absolute Gasteiger partial charge is 0.367 e. The fourth-order valence-corrected chi connectivity index (χ4v) is 2.80. The topological polar surface area (TPSA) is 66.0 Å². The van der Waals surface area contributed by atoms with Crippen LogP contribution in [0.25, 0.3) is 0 Å². The Morgan fingerprint density at radius 2 is 2.04 bits per heavy atom. The molecule has 25 heavy (non-hydrogen) atoms. The lowest BCUT2D eigenvalue weighted by molar-refractivity contribution is -0.120. The predicted octanol–water partition coefficient (Wildman–Crippen LogP) is 1.69. The Morgan fingerprint density at radius 3 is 2.68 bits per heavy atom. The van der Waals surface area contributed by atoms with E-state index in [1.165, 1.54) is 12.1 Å². The molecule has 138 valence electrons. The minimum absolute atomic E-state index is 0.00345. The van der Waals surface area contributed by atoms with Crippen molar-refractivity contribution in [2.24, 2.45) is 4.99 Å². The van der Waals surface area contributed by atoms with Crippen molar-refractivity contribution in [2.45, 2.75) is 32.5 Å². The molecule has 0 aromatic heterocycles. The maximum absolute atomic E-state index is 13.1. The molecule has 1 saturated heterocycles. The number of hydrogen-bond donors (Lipinski definition) is 2. The molecule has 2 rings (SSSR count). The Balaban J connectivity index is 1.98. The second-order valence-electron chi connectivity index (χ2n) is 6.14. The molecule has 0 spiro atoms. The minimum atomic E-state index is -0.264. The number of amides is 1. The summed E-state index contributed by atoms with van der Waals surface area (Å²) in [7, 11) is 1.69. The van der Waals surface area contributed by atoms with E-state index in [1.807, 2.05) is 13.8 Å². The van der Waals surface area contributed by atoms with Crippen molar-refractivity contribution in [3.8, 4) is 0 Å². The molecule has 7 heteroatoms. The average molecular weight is 350 g/mol. The molecule has 1 aromatic rings. The van der Waals surface area contributed by atoms with Crippen molar-refractivity contribution in [3.63, 3.8) is 0 Å². The Kier molecular flexibility index (Phi) is 7.18. The zero-order valence-corrected chi connectivity index (χ0v) is 15.1. The summed E-state index contributed by atoms with van der Waals surface area (Å²) in [5.41, 5.74) is 0.925. The maximum Gasteiger partial charge on any atom is 0.239 e. The normalized spacial score (nSPS) is 21.1. The molecule has 1 fully saturated rings. The number of aliphatic imine (C=N–C) groups is 1. The van der Waals surface area contributed by atoms with Crippen LogP contribution in [-0.4, -0.2) is 56.1 Å². The van der Waals surface area contributed by atoms with Crippen molar-refractivity contribution in [3.05, 3.63) is 35.6 Å². The van der Waals surface area contributed by atoms with E-state index in [0.717, 1.165) is 12.0 Å². The van der Waals surface area contributed by atoms with Gasteiger partial charge < -0.3 is 20.3 Å². The molecular formula is C18H27FN4O2. The van der Waals surface area contributed by atoms with E-state index in [2.05, 4.69) is 20.5 Å². The molecule has 2 unspecified atom stereocenters. The van der Waals surface area contributed by atoms with Crippen molar-refractivity contribution in [1.29, 1.82) is 0 Å². The zero-order valence-electron chi connectivity index (χ0n) is 15.1. The van der Waals surface area contributed by atoms with Gasteiger partial charge in [0, 0.05) is 20.1 Å². The molecule has 0 aliphatic carbocycles. The fraction of sp³-hybridized carbons (Fsp3) is 0.556. The summed E-state index contributed by atoms with van der Waals surface area (Å²) in [6.07, 6.45) is 0.730. The summed E-state index contributed by atoms with van der Waals surface area (Å²) < 4.78 is 19.1. The summed E-state index contributed by atoms with van der Waals surface area (Å²) in [5, 5.41) is 5.93. The van der Waals surface area contributed by atoms with E-state index in [4.69, 9.17) is 4.74 Å². The lowest BCUT2D eigenvalue weighted by atomic mass is 10.1. The van der Waals surface area contributed by atoms with Gasteiger partial charge in [-0.1, -0.05) is 19.1 Å². The number of hydrogen-bond acceptors (Lipinski definition) is 3. The Morgan fingerprint density at radius 1 is 1.32 bits per heavy atom. The first-order chi connectivity index (χ1) is 12.0. The summed E-state index contributed by atoms with van der Waals surface area (Å²) >= 11 is 0. The highest BCUT2D eigenvalue weighted by Gasteiger charge is 2.28. The molecule has 0 radical (unpaired) electrons. The Bertz CT molecular complexity index is 591. The SMILES string of the molecule is CCCNC(=O)CNC(=NC)N1CC(C)OC(c2ccc(F)cc2)C1. The molecule has 1 heterocycles. The molecule has 0 bridgehead atoms. The van der Waals surface area contributed by atoms with Crippen molar-refractivity contribution < 1.29 is 13.9 Å². The summed E-state index contributed by atoms with van der Waals surface area (Å²) in [6, 6.07) is 6.36. The van der Waals surface area contributed by atoms with E-state index in [0.29, 0.717) is 25.6 Å². The van der Waals surface area contributed by atoms with Gasteiger partial charge in [0.15, 0.2) is 5.96 Å². The minimum Gasteiger partial charge on any atom is -0.367 e. The summed E-state index contributed by atoms with van der Waals surface area (Å²) in [6.45, 7) is 6.11. The molecule has 6 nitrogen and oxygen atoms in total. The van der Waals surface area contributed by atoms with Crippen LogP contribution >= 0.6 is 0 Å². The van der Waals surface area contributed by atoms with Crippen LogP contribution in [0.15, 0.2) is 29.3 Å². The maximum atomic E-state index is 13.1. The smallest absolute Gasteiger partial charge is 0.239 e. The number of rotatable bonds is 5. The Hall–Kier alpha value is -2.15. The van der Waals surface area contributed by atoms with Crippen molar-refractivity contribution >= 4 is 11.9 Å². The van der Waals surface area contributed by atoms with Gasteiger partial charge in [-0.05, 0) is 31.0 Å². The van der Waals surface area contributed by atoms with Gasteiger partial charge in [-0.3, -0.25) is 9.79 Å². The van der Waals surface area contributed by atoms with E-state index in [1.54, 1.807) is 19.2 Å². The van der Waals surface area contributed by atoms with Crippen LogP contribution in [0.3, 0.4) is 0 Å². The molecule has 1 amide bonds. The third kappa shape index (κ3) is 5.70. The highest BCUT2D eigenvalue weighted by Crippen LogP contribution is 2.25. The average Bonchev–Trinajstić information content (AvgIpc) is 2.60. The third-order valence-electron chi connectivity index (χ3n) is 3.99. The van der Waals surface area contributed by atoms with Gasteiger partial charge in [-0.25, -0.2) is 4.39 Å². The molecule has 1 aliphatic rings. The van der Waals surface area contributed by atoms with Crippen LogP contribution in [0, 0.1) is 5.82 Å². The van der Waals surface area contributed by atoms with Gasteiger partial charge in [0.1, 0.15) is 11.9 Å². The summed E-state index contributed by atoms with van der Waals surface area (Å²) in [4.78, 5) is 18.1. The Labute approximate surface area is 148 Å². The monoisotopic (exact) mass is 350 g/mol. The standard InChI is InChI=1S/C18H27FN4O2/c1-4-9-21-17(24)10-22-18(20-3)23-11-13(2)25-16(12-23)14-5-7-15(19)8-6-14/h5-8,13,16H,4,9-12H2,1-3H3,(H,20,22)(H,21,24). The predicted molar refractivity (Wildman–Crippen MR) is 95.9 cm³/mol. The fourth-order valence-electron chi connectivity index (χ4n) is 2.80. The number of halogens is 1. The molecule has 2 atom stereocenters. The lowest BCUT2D eigenvalue weighted by Crippen LogP contribution is -2.52. The first kappa shape index (κ1) is 19.2. The van der Waals surface area contributed by atoms with Gasteiger partial charge in [0.2, 0.25) is 5.91 Å². The summed E-state index contributed by atoms with van der Waals surface area (Å²) in [5.74, 6) is 0.341. The van der Waals surface area contributed by atoms with Crippen LogP contribution < -0.4 is 10.6 Å². The van der Waals surface area contributed by atoms with Crippen LogP contribution in [0.4, 0.5) is 4.39 Å². The van der Waals surface area contributed by atoms with Crippen LogP contribution in [0.1, 0.15) is 31.9 Å². The highest BCUT2D eigenvalue weighted by atomic mass is 19.1. The van der Waals surface area contributed by atoms with Crippen LogP contribution in [-0.2, 0) is 9.53 Å². The first-order valence-corrected chi connectivity index (χ1v) is 8.66. The van der Waals surface area contributed by atoms with Crippen LogP contribution in [0.2, 0.25) is 0 Å². The molecule has 1 aromatic carbocycles. The van der Waals surface area contributed by atoms with Gasteiger partial charge in [-0.2, -0.15) is 0 Å². The molecular weight excluding hydrogens is 323 g/mol. The second kappa shape index (κ2) is 9.36. The zero-order chi connectivity index (χ0) is 18.2. The van der Waals surface area contributed by atoms with E-state index >= 15 is 0 Å². The van der Waals surface area contributed by atoms with Gasteiger partial charge in [0.25, 0.3) is 0 Å². The molecule has 1 aliphatic heterocycles. The number of benzene rings is 1. The van der Waals surface area contributed by atoms with Gasteiger partial charge >= 0.3 is 0 Å². The number of carbonyl (C=O) groups excluding carboxylic acids is 1. The van der Waals surface area contributed by atoms with E-state index < -0.39 is 0 Å². The van der Waals surface area contributed by atoms with Crippen LogP contribution in [0.5, 0.6) is 0 Å². The second-order valence-corrected chi connectivity index (χ2v) is 6.14. The number of carbonyl (C=O) groups is 1. The number of ether oxygens (including phenoxy) is 1.